The zero-order chi connectivity index (χ0) is 18.1. The third-order valence-electron chi connectivity index (χ3n) is 4.72. The van der Waals surface area contributed by atoms with Crippen LogP contribution in [-0.2, 0) is 9.59 Å². The van der Waals surface area contributed by atoms with Gasteiger partial charge in [-0.15, -0.1) is 0 Å². The molecule has 2 rings (SSSR count). The Bertz CT molecular complexity index is 549. The van der Waals surface area contributed by atoms with Gasteiger partial charge in [-0.25, -0.2) is 0 Å². The first kappa shape index (κ1) is 19.3. The number of amides is 2. The minimum Gasteiger partial charge on any atom is -0.372 e. The number of unbranched alkanes of at least 4 members (excludes halogenated alkanes) is 2. The van der Waals surface area contributed by atoms with Crippen molar-refractivity contribution in [2.45, 2.75) is 52.4 Å². The van der Waals surface area contributed by atoms with E-state index >= 15 is 0 Å². The lowest BCUT2D eigenvalue weighted by Gasteiger charge is -2.32. The van der Waals surface area contributed by atoms with Crippen LogP contribution in [0.3, 0.4) is 0 Å². The van der Waals surface area contributed by atoms with Crippen LogP contribution < -0.4 is 15.5 Å². The molecule has 0 aromatic heterocycles. The van der Waals surface area contributed by atoms with E-state index in [2.05, 4.69) is 29.4 Å². The van der Waals surface area contributed by atoms with Crippen LogP contribution >= 0.6 is 0 Å². The Hall–Kier alpha value is -2.04. The second kappa shape index (κ2) is 10.1. The van der Waals surface area contributed by atoms with Crippen LogP contribution in [0.1, 0.15) is 52.4 Å². The molecule has 0 aliphatic carbocycles. The van der Waals surface area contributed by atoms with E-state index in [0.29, 0.717) is 6.54 Å². The van der Waals surface area contributed by atoms with Crippen molar-refractivity contribution in [3.8, 4) is 0 Å². The first-order valence-corrected chi connectivity index (χ1v) is 9.50. The van der Waals surface area contributed by atoms with Gasteiger partial charge in [-0.1, -0.05) is 26.7 Å². The third-order valence-corrected chi connectivity index (χ3v) is 4.72. The highest BCUT2D eigenvalue weighted by atomic mass is 16.2. The Balaban J connectivity index is 1.74. The molecule has 2 amide bonds. The standard InChI is InChI=1S/C20H31N3O2/c1-3-4-5-12-21-19(24)15-20(25)22-17-6-8-18(9-7-17)23-13-10-16(2)11-14-23/h6-9,16H,3-5,10-15H2,1-2H3,(H,21,24)(H,22,25). The highest BCUT2D eigenvalue weighted by Crippen LogP contribution is 2.24. The average Bonchev–Trinajstić information content (AvgIpc) is 2.60. The van der Waals surface area contributed by atoms with E-state index in [0.717, 1.165) is 44.0 Å². The average molecular weight is 345 g/mol. The second-order valence-corrected chi connectivity index (χ2v) is 7.00. The summed E-state index contributed by atoms with van der Waals surface area (Å²) in [6.45, 7) is 7.24. The molecule has 5 nitrogen and oxygen atoms in total. The highest BCUT2D eigenvalue weighted by molar-refractivity contribution is 6.03. The summed E-state index contributed by atoms with van der Waals surface area (Å²) in [4.78, 5) is 26.1. The maximum atomic E-state index is 12.0. The van der Waals surface area contributed by atoms with Crippen LogP contribution in [-0.4, -0.2) is 31.4 Å². The lowest BCUT2D eigenvalue weighted by atomic mass is 9.99. The summed E-state index contributed by atoms with van der Waals surface area (Å²) < 4.78 is 0. The zero-order valence-corrected chi connectivity index (χ0v) is 15.5. The number of rotatable bonds is 8. The van der Waals surface area contributed by atoms with Crippen molar-refractivity contribution in [2.24, 2.45) is 5.92 Å². The van der Waals surface area contributed by atoms with Gasteiger partial charge in [0.25, 0.3) is 0 Å². The van der Waals surface area contributed by atoms with Gasteiger partial charge in [-0.2, -0.15) is 0 Å². The Morgan fingerprint density at radius 2 is 1.76 bits per heavy atom. The molecule has 1 aliphatic heterocycles. The van der Waals surface area contributed by atoms with E-state index in [1.54, 1.807) is 0 Å². The van der Waals surface area contributed by atoms with Crippen LogP contribution in [0.4, 0.5) is 11.4 Å². The molecule has 1 saturated heterocycles. The van der Waals surface area contributed by atoms with Crippen molar-refractivity contribution in [1.29, 1.82) is 0 Å². The molecule has 25 heavy (non-hydrogen) atoms. The Morgan fingerprint density at radius 1 is 1.08 bits per heavy atom. The molecule has 0 saturated carbocycles. The van der Waals surface area contributed by atoms with E-state index < -0.39 is 0 Å². The van der Waals surface area contributed by atoms with Gasteiger partial charge in [0.1, 0.15) is 6.42 Å². The molecule has 0 radical (unpaired) electrons. The van der Waals surface area contributed by atoms with Crippen molar-refractivity contribution in [3.63, 3.8) is 0 Å². The molecule has 1 aliphatic rings. The van der Waals surface area contributed by atoms with Gasteiger partial charge in [0.05, 0.1) is 0 Å². The molecule has 0 spiro atoms. The fraction of sp³-hybridized carbons (Fsp3) is 0.600. The molecule has 1 fully saturated rings. The monoisotopic (exact) mass is 345 g/mol. The molecule has 0 bridgehead atoms. The van der Waals surface area contributed by atoms with Gasteiger partial charge in [-0.05, 0) is 49.4 Å². The quantitative estimate of drug-likeness (QED) is 0.559. The van der Waals surface area contributed by atoms with Gasteiger partial charge < -0.3 is 15.5 Å². The number of piperidine rings is 1. The van der Waals surface area contributed by atoms with Crippen LogP contribution in [0.5, 0.6) is 0 Å². The molecule has 1 heterocycles. The smallest absolute Gasteiger partial charge is 0.233 e. The first-order chi connectivity index (χ1) is 12.1. The van der Waals surface area contributed by atoms with Gasteiger partial charge in [0.15, 0.2) is 0 Å². The summed E-state index contributed by atoms with van der Waals surface area (Å²) in [5.41, 5.74) is 1.93. The van der Waals surface area contributed by atoms with Crippen LogP contribution in [0, 0.1) is 5.92 Å². The first-order valence-electron chi connectivity index (χ1n) is 9.50. The lowest BCUT2D eigenvalue weighted by molar-refractivity contribution is -0.126. The topological polar surface area (TPSA) is 61.4 Å². The normalized spacial score (nSPS) is 15.0. The summed E-state index contributed by atoms with van der Waals surface area (Å²) in [5.74, 6) is 0.322. The van der Waals surface area contributed by atoms with E-state index in [1.807, 2.05) is 24.3 Å². The Morgan fingerprint density at radius 3 is 2.40 bits per heavy atom. The van der Waals surface area contributed by atoms with Gasteiger partial charge in [0, 0.05) is 31.0 Å². The molecule has 2 N–H and O–H groups in total. The Labute approximate surface area is 151 Å². The predicted molar refractivity (Wildman–Crippen MR) is 103 cm³/mol. The summed E-state index contributed by atoms with van der Waals surface area (Å²) in [5, 5.41) is 5.58. The molecule has 138 valence electrons. The van der Waals surface area contributed by atoms with E-state index in [9.17, 15) is 9.59 Å². The summed E-state index contributed by atoms with van der Waals surface area (Å²) in [6, 6.07) is 7.89. The Kier molecular flexibility index (Phi) is 7.76. The van der Waals surface area contributed by atoms with E-state index in [4.69, 9.17) is 0 Å². The number of nitrogens with zero attached hydrogens (tertiary/aromatic N) is 1. The molecule has 5 heteroatoms. The highest BCUT2D eigenvalue weighted by Gasteiger charge is 2.16. The molecular formula is C20H31N3O2. The number of carbonyl (C=O) groups excluding carboxylic acids is 2. The summed E-state index contributed by atoms with van der Waals surface area (Å²) >= 11 is 0. The van der Waals surface area contributed by atoms with Crippen molar-refractivity contribution >= 4 is 23.2 Å². The number of nitrogens with one attached hydrogen (secondary N) is 2. The SMILES string of the molecule is CCCCCNC(=O)CC(=O)Nc1ccc(N2CCC(C)CC2)cc1. The second-order valence-electron chi connectivity index (χ2n) is 7.00. The maximum Gasteiger partial charge on any atom is 0.233 e. The molecule has 1 aromatic rings. The van der Waals surface area contributed by atoms with Crippen molar-refractivity contribution in [3.05, 3.63) is 24.3 Å². The van der Waals surface area contributed by atoms with Crippen molar-refractivity contribution < 1.29 is 9.59 Å². The largest absolute Gasteiger partial charge is 0.372 e. The summed E-state index contributed by atoms with van der Waals surface area (Å²) in [7, 11) is 0. The summed E-state index contributed by atoms with van der Waals surface area (Å²) in [6.07, 6.45) is 5.49. The number of hydrogen-bond acceptors (Lipinski definition) is 3. The fourth-order valence-electron chi connectivity index (χ4n) is 3.04. The van der Waals surface area contributed by atoms with Crippen LogP contribution in [0.25, 0.3) is 0 Å². The fourth-order valence-corrected chi connectivity index (χ4v) is 3.04. The van der Waals surface area contributed by atoms with Crippen LogP contribution in [0.2, 0.25) is 0 Å². The number of benzene rings is 1. The van der Waals surface area contributed by atoms with Crippen molar-refractivity contribution in [2.75, 3.05) is 29.9 Å². The van der Waals surface area contributed by atoms with Gasteiger partial charge in [-0.3, -0.25) is 9.59 Å². The van der Waals surface area contributed by atoms with Crippen LogP contribution in [0.15, 0.2) is 24.3 Å². The van der Waals surface area contributed by atoms with E-state index in [-0.39, 0.29) is 18.2 Å². The minimum absolute atomic E-state index is 0.127. The van der Waals surface area contributed by atoms with Gasteiger partial charge in [0.2, 0.25) is 11.8 Å². The van der Waals surface area contributed by atoms with E-state index in [1.165, 1.54) is 18.5 Å². The molecule has 1 aromatic carbocycles. The predicted octanol–water partition coefficient (Wildman–Crippen LogP) is 3.56. The maximum absolute atomic E-state index is 12.0. The molecular weight excluding hydrogens is 314 g/mol. The third kappa shape index (κ3) is 6.77. The van der Waals surface area contributed by atoms with Crippen molar-refractivity contribution in [1.82, 2.24) is 5.32 Å². The van der Waals surface area contributed by atoms with Gasteiger partial charge >= 0.3 is 0 Å². The molecule has 0 atom stereocenters. The number of carbonyl (C=O) groups is 2. The number of anilines is 2. The zero-order valence-electron chi connectivity index (χ0n) is 15.5. The lowest BCUT2D eigenvalue weighted by Crippen LogP contribution is -2.32. The minimum atomic E-state index is -0.271. The number of hydrogen-bond donors (Lipinski definition) is 2. The molecule has 0 unspecified atom stereocenters.